The molecule has 1 aromatic heterocycles. The molecule has 2 N–H and O–H groups in total. The number of carbonyl (C=O) groups is 2. The first kappa shape index (κ1) is 19.1. The highest BCUT2D eigenvalue weighted by Crippen LogP contribution is 2.11. The van der Waals surface area contributed by atoms with Crippen LogP contribution in [0.2, 0.25) is 0 Å². The van der Waals surface area contributed by atoms with E-state index in [0.29, 0.717) is 30.9 Å². The number of hydrogen-bond donors (Lipinski definition) is 2. The van der Waals surface area contributed by atoms with Gasteiger partial charge >= 0.3 is 0 Å². The molecule has 1 heterocycles. The number of likely N-dealkylation sites (N-methyl/N-ethyl adjacent to an activating group) is 1. The minimum absolute atomic E-state index is 0.0165. The fraction of sp³-hybridized carbons (Fsp3) is 0.368. The lowest BCUT2D eigenvalue weighted by Gasteiger charge is -2.18. The van der Waals surface area contributed by atoms with Crippen LogP contribution in [0.15, 0.2) is 41.1 Å². The maximum absolute atomic E-state index is 12.3. The summed E-state index contributed by atoms with van der Waals surface area (Å²) in [5, 5.41) is 7.04. The first-order chi connectivity index (χ1) is 12.0. The van der Waals surface area contributed by atoms with Crippen molar-refractivity contribution in [2.45, 2.75) is 20.4 Å². The Balaban J connectivity index is 1.87. The van der Waals surface area contributed by atoms with Crippen LogP contribution in [0.25, 0.3) is 0 Å². The predicted molar refractivity (Wildman–Crippen MR) is 102 cm³/mol. The number of nitrogens with one attached hydrogen (secondary N) is 2. The van der Waals surface area contributed by atoms with Crippen molar-refractivity contribution in [3.63, 3.8) is 0 Å². The van der Waals surface area contributed by atoms with Crippen LogP contribution < -0.4 is 10.2 Å². The van der Waals surface area contributed by atoms with Gasteiger partial charge in [0.15, 0.2) is 6.54 Å². The van der Waals surface area contributed by atoms with Gasteiger partial charge in [-0.05, 0) is 54.9 Å². The zero-order chi connectivity index (χ0) is 18.2. The van der Waals surface area contributed by atoms with Gasteiger partial charge in [-0.3, -0.25) is 9.59 Å². The van der Waals surface area contributed by atoms with Crippen molar-refractivity contribution >= 4 is 28.8 Å². The van der Waals surface area contributed by atoms with Gasteiger partial charge in [0, 0.05) is 29.9 Å². The second-order valence-electron chi connectivity index (χ2n) is 6.05. The van der Waals surface area contributed by atoms with Crippen LogP contribution in [-0.2, 0) is 11.3 Å². The summed E-state index contributed by atoms with van der Waals surface area (Å²) < 4.78 is 0. The zero-order valence-corrected chi connectivity index (χ0v) is 15.9. The SMILES string of the molecule is CCN(CC)C(=O)c1ccc(NC(=O)C[NH+](C)Cc2ccsc2)cc1. The van der Waals surface area contributed by atoms with Gasteiger partial charge < -0.3 is 15.1 Å². The lowest BCUT2D eigenvalue weighted by molar-refractivity contribution is -0.885. The van der Waals surface area contributed by atoms with Gasteiger partial charge in [-0.15, -0.1) is 0 Å². The van der Waals surface area contributed by atoms with Gasteiger partial charge in [0.1, 0.15) is 6.54 Å². The molecular weight excluding hydrogens is 334 g/mol. The van der Waals surface area contributed by atoms with Gasteiger partial charge in [-0.2, -0.15) is 11.3 Å². The van der Waals surface area contributed by atoms with E-state index in [-0.39, 0.29) is 11.8 Å². The molecule has 2 amide bonds. The molecule has 134 valence electrons. The highest BCUT2D eigenvalue weighted by atomic mass is 32.1. The summed E-state index contributed by atoms with van der Waals surface area (Å²) in [4.78, 5) is 27.3. The number of rotatable bonds is 8. The average molecular weight is 361 g/mol. The van der Waals surface area contributed by atoms with Gasteiger partial charge in [0.25, 0.3) is 11.8 Å². The van der Waals surface area contributed by atoms with E-state index >= 15 is 0 Å². The van der Waals surface area contributed by atoms with Crippen molar-refractivity contribution < 1.29 is 14.5 Å². The van der Waals surface area contributed by atoms with E-state index < -0.39 is 0 Å². The third-order valence-electron chi connectivity index (χ3n) is 4.01. The molecule has 1 atom stereocenters. The largest absolute Gasteiger partial charge is 0.339 e. The number of hydrogen-bond acceptors (Lipinski definition) is 3. The second kappa shape index (κ2) is 9.34. The first-order valence-corrected chi connectivity index (χ1v) is 9.49. The Bertz CT molecular complexity index is 679. The molecule has 0 fully saturated rings. The van der Waals surface area contributed by atoms with Gasteiger partial charge in [-0.1, -0.05) is 0 Å². The van der Waals surface area contributed by atoms with Gasteiger partial charge in [0.2, 0.25) is 0 Å². The van der Waals surface area contributed by atoms with E-state index in [0.717, 1.165) is 11.4 Å². The molecule has 0 saturated carbocycles. The second-order valence-corrected chi connectivity index (χ2v) is 6.83. The molecule has 25 heavy (non-hydrogen) atoms. The van der Waals surface area contributed by atoms with Gasteiger partial charge in [-0.25, -0.2) is 0 Å². The molecule has 0 aliphatic carbocycles. The van der Waals surface area contributed by atoms with E-state index in [1.165, 1.54) is 5.56 Å². The topological polar surface area (TPSA) is 53.9 Å². The Hall–Kier alpha value is -2.18. The highest BCUT2D eigenvalue weighted by molar-refractivity contribution is 7.07. The average Bonchev–Trinajstić information content (AvgIpc) is 3.09. The van der Waals surface area contributed by atoms with Crippen LogP contribution in [0, 0.1) is 0 Å². The van der Waals surface area contributed by atoms with Crippen LogP contribution in [0.5, 0.6) is 0 Å². The highest BCUT2D eigenvalue weighted by Gasteiger charge is 2.14. The van der Waals surface area contributed by atoms with E-state index in [1.807, 2.05) is 26.3 Å². The zero-order valence-electron chi connectivity index (χ0n) is 15.0. The minimum Gasteiger partial charge on any atom is -0.339 e. The number of anilines is 1. The Kier molecular flexibility index (Phi) is 7.16. The van der Waals surface area contributed by atoms with Crippen molar-refractivity contribution in [1.29, 1.82) is 0 Å². The summed E-state index contributed by atoms with van der Waals surface area (Å²) in [6, 6.07) is 9.17. The number of quaternary nitrogens is 1. The molecule has 0 aliphatic rings. The predicted octanol–water partition coefficient (Wildman–Crippen LogP) is 1.88. The summed E-state index contributed by atoms with van der Waals surface area (Å²) in [5.41, 5.74) is 2.60. The first-order valence-electron chi connectivity index (χ1n) is 8.55. The molecule has 2 rings (SSSR count). The summed E-state index contributed by atoms with van der Waals surface area (Å²) in [6.07, 6.45) is 0. The molecule has 0 radical (unpaired) electrons. The van der Waals surface area contributed by atoms with E-state index in [4.69, 9.17) is 0 Å². The molecule has 0 saturated heterocycles. The molecule has 5 nitrogen and oxygen atoms in total. The number of amides is 2. The van der Waals surface area contributed by atoms with Crippen molar-refractivity contribution in [2.24, 2.45) is 0 Å². The normalized spacial score (nSPS) is 11.8. The van der Waals surface area contributed by atoms with Crippen molar-refractivity contribution in [3.8, 4) is 0 Å². The monoisotopic (exact) mass is 360 g/mol. The van der Waals surface area contributed by atoms with E-state index in [2.05, 4.69) is 16.8 Å². The smallest absolute Gasteiger partial charge is 0.279 e. The van der Waals surface area contributed by atoms with Crippen molar-refractivity contribution in [2.75, 3.05) is 32.0 Å². The third-order valence-corrected chi connectivity index (χ3v) is 4.75. The molecule has 0 spiro atoms. The van der Waals surface area contributed by atoms with Crippen LogP contribution in [0.1, 0.15) is 29.8 Å². The third kappa shape index (κ3) is 5.69. The molecule has 1 unspecified atom stereocenters. The molecule has 6 heteroatoms. The Morgan fingerprint density at radius 2 is 1.80 bits per heavy atom. The Morgan fingerprint density at radius 3 is 2.36 bits per heavy atom. The number of benzene rings is 1. The lowest BCUT2D eigenvalue weighted by Crippen LogP contribution is -3.08. The Labute approximate surface area is 153 Å². The quantitative estimate of drug-likeness (QED) is 0.755. The molecule has 0 aliphatic heterocycles. The number of nitrogens with zero attached hydrogens (tertiary/aromatic N) is 1. The van der Waals surface area contributed by atoms with Crippen LogP contribution >= 0.6 is 11.3 Å². The van der Waals surface area contributed by atoms with Gasteiger partial charge in [0.05, 0.1) is 7.05 Å². The molecular formula is C19H26N3O2S+. The standard InChI is InChI=1S/C19H25N3O2S/c1-4-22(5-2)19(24)16-6-8-17(9-7-16)20-18(23)13-21(3)12-15-10-11-25-14-15/h6-11,14H,4-5,12-13H2,1-3H3,(H,20,23)/p+1. The summed E-state index contributed by atoms with van der Waals surface area (Å²) in [5.74, 6) is -0.0154. The van der Waals surface area contributed by atoms with Crippen LogP contribution in [0.4, 0.5) is 5.69 Å². The van der Waals surface area contributed by atoms with E-state index in [1.54, 1.807) is 40.5 Å². The van der Waals surface area contributed by atoms with Crippen molar-refractivity contribution in [1.82, 2.24) is 4.90 Å². The molecule has 2 aromatic rings. The van der Waals surface area contributed by atoms with Crippen molar-refractivity contribution in [3.05, 3.63) is 52.2 Å². The maximum atomic E-state index is 12.3. The number of thiophene rings is 1. The Morgan fingerprint density at radius 1 is 1.12 bits per heavy atom. The molecule has 0 bridgehead atoms. The summed E-state index contributed by atoms with van der Waals surface area (Å²) in [7, 11) is 2.00. The maximum Gasteiger partial charge on any atom is 0.279 e. The van der Waals surface area contributed by atoms with E-state index in [9.17, 15) is 9.59 Å². The summed E-state index contributed by atoms with van der Waals surface area (Å²) in [6.45, 7) is 6.53. The van der Waals surface area contributed by atoms with Crippen LogP contribution in [0.3, 0.4) is 0 Å². The molecule has 1 aromatic carbocycles. The fourth-order valence-corrected chi connectivity index (χ4v) is 3.34. The minimum atomic E-state index is -0.0319. The van der Waals surface area contributed by atoms with Crippen LogP contribution in [-0.4, -0.2) is 43.4 Å². The lowest BCUT2D eigenvalue weighted by atomic mass is 10.1. The summed E-state index contributed by atoms with van der Waals surface area (Å²) >= 11 is 1.67. The fourth-order valence-electron chi connectivity index (χ4n) is 2.67. The number of carbonyl (C=O) groups excluding carboxylic acids is 2.